The fourth-order valence-corrected chi connectivity index (χ4v) is 5.10. The topological polar surface area (TPSA) is 144 Å². The molecule has 9 nitrogen and oxygen atoms in total. The van der Waals surface area contributed by atoms with Crippen molar-refractivity contribution in [1.82, 2.24) is 10.3 Å². The van der Waals surface area contributed by atoms with Crippen molar-refractivity contribution in [3.05, 3.63) is 18.2 Å². The lowest BCUT2D eigenvalue weighted by molar-refractivity contribution is -0.274. The van der Waals surface area contributed by atoms with Crippen molar-refractivity contribution in [2.24, 2.45) is 11.1 Å². The van der Waals surface area contributed by atoms with Crippen LogP contribution in [0.15, 0.2) is 18.2 Å². The second-order valence-electron chi connectivity index (χ2n) is 8.74. The molecule has 0 saturated heterocycles. The number of carboxylic acids is 1. The smallest absolute Gasteiger partial charge is 0.481 e. The van der Waals surface area contributed by atoms with Crippen molar-refractivity contribution < 1.29 is 37.4 Å². The molecule has 1 saturated carbocycles. The monoisotopic (exact) mass is 516 g/mol. The quantitative estimate of drug-likeness (QED) is 0.376. The molecule has 0 bridgehead atoms. The van der Waals surface area contributed by atoms with Gasteiger partial charge in [0.15, 0.2) is 5.13 Å². The molecular formula is C22H27F3N4O5S. The molecule has 35 heavy (non-hydrogen) atoms. The van der Waals surface area contributed by atoms with E-state index in [1.54, 1.807) is 0 Å². The lowest BCUT2D eigenvalue weighted by Gasteiger charge is -2.37. The van der Waals surface area contributed by atoms with Gasteiger partial charge in [-0.25, -0.2) is 4.98 Å². The lowest BCUT2D eigenvalue weighted by Crippen LogP contribution is -2.47. The molecule has 1 fully saturated rings. The average molecular weight is 517 g/mol. The summed E-state index contributed by atoms with van der Waals surface area (Å²) in [6, 6.07) is 2.80. The molecule has 1 aliphatic rings. The van der Waals surface area contributed by atoms with E-state index in [2.05, 4.69) is 20.4 Å². The first-order chi connectivity index (χ1) is 16.4. The van der Waals surface area contributed by atoms with Gasteiger partial charge in [-0.15, -0.1) is 13.2 Å². The summed E-state index contributed by atoms with van der Waals surface area (Å²) in [5.41, 5.74) is 5.72. The molecule has 0 aliphatic heterocycles. The first kappa shape index (κ1) is 26.7. The van der Waals surface area contributed by atoms with E-state index in [1.165, 1.54) is 12.1 Å². The number of fused-ring (bicyclic) bond motifs is 1. The van der Waals surface area contributed by atoms with Gasteiger partial charge in [0.2, 0.25) is 11.8 Å². The van der Waals surface area contributed by atoms with Crippen LogP contribution >= 0.6 is 11.3 Å². The molecule has 2 amide bonds. The first-order valence-electron chi connectivity index (χ1n) is 11.2. The van der Waals surface area contributed by atoms with Crippen LogP contribution in [0.4, 0.5) is 18.3 Å². The number of hydrogen-bond acceptors (Lipinski definition) is 7. The first-order valence-corrected chi connectivity index (χ1v) is 12.0. The van der Waals surface area contributed by atoms with Crippen LogP contribution in [0.25, 0.3) is 10.2 Å². The van der Waals surface area contributed by atoms with Gasteiger partial charge in [0.25, 0.3) is 0 Å². The van der Waals surface area contributed by atoms with E-state index in [1.807, 2.05) is 0 Å². The Bertz CT molecular complexity index is 1070. The van der Waals surface area contributed by atoms with Crippen LogP contribution in [0.5, 0.6) is 5.75 Å². The maximum atomic E-state index is 12.9. The van der Waals surface area contributed by atoms with Gasteiger partial charge < -0.3 is 26.2 Å². The van der Waals surface area contributed by atoms with Gasteiger partial charge in [0.1, 0.15) is 5.75 Å². The number of anilines is 1. The summed E-state index contributed by atoms with van der Waals surface area (Å²) in [5.74, 6) is -2.18. The molecule has 1 atom stereocenters. The van der Waals surface area contributed by atoms with Crippen LogP contribution < -0.4 is 21.1 Å². The second kappa shape index (κ2) is 11.2. The van der Waals surface area contributed by atoms with Gasteiger partial charge in [0, 0.05) is 25.5 Å². The van der Waals surface area contributed by atoms with Gasteiger partial charge >= 0.3 is 12.3 Å². The third-order valence-corrected chi connectivity index (χ3v) is 6.87. The van der Waals surface area contributed by atoms with E-state index >= 15 is 0 Å². The standard InChI is InChI=1S/C22H27F3N4O5S/c23-22(24,25)34-13-4-6-15-16(10-13)35-20(28-15)29-17(30)11-21(8-2-1-3-9-21)12-27-19(33)14(26)5-7-18(31)32/h4,6,10,14H,1-3,5,7-9,11-12,26H2,(H,27,33)(H,31,32)(H,28,29,30)/t14-/m0/s1. The number of aromatic nitrogens is 1. The number of thiazole rings is 1. The van der Waals surface area contributed by atoms with E-state index in [0.717, 1.165) is 49.5 Å². The van der Waals surface area contributed by atoms with E-state index in [0.29, 0.717) is 10.2 Å². The number of nitrogens with two attached hydrogens (primary N) is 1. The molecule has 13 heteroatoms. The molecular weight excluding hydrogens is 489 g/mol. The second-order valence-corrected chi connectivity index (χ2v) is 9.77. The molecule has 0 radical (unpaired) electrons. The van der Waals surface area contributed by atoms with E-state index < -0.39 is 29.7 Å². The summed E-state index contributed by atoms with van der Waals surface area (Å²) < 4.78 is 41.7. The number of carboxylic acid groups (broad SMARTS) is 1. The Morgan fingerprint density at radius 3 is 2.60 bits per heavy atom. The van der Waals surface area contributed by atoms with Gasteiger partial charge in [-0.2, -0.15) is 0 Å². The SMILES string of the molecule is N[C@@H](CCC(=O)O)C(=O)NCC1(CC(=O)Nc2nc3ccc(OC(F)(F)F)cc3s2)CCCCC1. The summed E-state index contributed by atoms with van der Waals surface area (Å²) in [5, 5.41) is 14.5. The maximum absolute atomic E-state index is 12.9. The number of hydrogen-bond donors (Lipinski definition) is 4. The van der Waals surface area contributed by atoms with Crippen molar-refractivity contribution >= 4 is 44.5 Å². The predicted octanol–water partition coefficient (Wildman–Crippen LogP) is 3.78. The third-order valence-electron chi connectivity index (χ3n) is 5.93. The zero-order valence-corrected chi connectivity index (χ0v) is 19.6. The Labute approximate surface area is 203 Å². The number of ether oxygens (including phenoxy) is 1. The maximum Gasteiger partial charge on any atom is 0.573 e. The Morgan fingerprint density at radius 2 is 1.94 bits per heavy atom. The van der Waals surface area contributed by atoms with Crippen LogP contribution in [-0.2, 0) is 14.4 Å². The molecule has 0 spiro atoms. The van der Waals surface area contributed by atoms with Crippen molar-refractivity contribution in [3.63, 3.8) is 0 Å². The summed E-state index contributed by atoms with van der Waals surface area (Å²) in [7, 11) is 0. The van der Waals surface area contributed by atoms with Crippen molar-refractivity contribution in [2.45, 2.75) is 63.8 Å². The van der Waals surface area contributed by atoms with Crippen LogP contribution in [0, 0.1) is 5.41 Å². The molecule has 1 aliphatic carbocycles. The number of amides is 2. The van der Waals surface area contributed by atoms with Crippen molar-refractivity contribution in [2.75, 3.05) is 11.9 Å². The highest BCUT2D eigenvalue weighted by Gasteiger charge is 2.35. The van der Waals surface area contributed by atoms with Gasteiger partial charge in [-0.1, -0.05) is 30.6 Å². The molecule has 1 aromatic heterocycles. The number of nitrogens with zero attached hydrogens (tertiary/aromatic N) is 1. The number of carbonyl (C=O) groups excluding carboxylic acids is 2. The molecule has 3 rings (SSSR count). The predicted molar refractivity (Wildman–Crippen MR) is 123 cm³/mol. The van der Waals surface area contributed by atoms with E-state index in [4.69, 9.17) is 10.8 Å². The van der Waals surface area contributed by atoms with Gasteiger partial charge in [-0.3, -0.25) is 14.4 Å². The summed E-state index contributed by atoms with van der Waals surface area (Å²) in [6.07, 6.45) is -0.609. The fourth-order valence-electron chi connectivity index (χ4n) is 4.19. The Kier molecular flexibility index (Phi) is 8.54. The van der Waals surface area contributed by atoms with Gasteiger partial charge in [-0.05, 0) is 36.8 Å². The number of carbonyl (C=O) groups is 3. The number of nitrogens with one attached hydrogen (secondary N) is 2. The Morgan fingerprint density at radius 1 is 1.23 bits per heavy atom. The minimum absolute atomic E-state index is 0.0159. The number of rotatable bonds is 10. The highest BCUT2D eigenvalue weighted by atomic mass is 32.1. The van der Waals surface area contributed by atoms with Gasteiger partial charge in [0.05, 0.1) is 16.3 Å². The normalized spacial score (nSPS) is 16.5. The molecule has 5 N–H and O–H groups in total. The lowest BCUT2D eigenvalue weighted by atomic mass is 9.71. The van der Waals surface area contributed by atoms with Crippen molar-refractivity contribution in [3.8, 4) is 5.75 Å². The highest BCUT2D eigenvalue weighted by Crippen LogP contribution is 2.39. The summed E-state index contributed by atoms with van der Waals surface area (Å²) in [6.45, 7) is 0.234. The number of aliphatic carboxylic acids is 1. The van der Waals surface area contributed by atoms with Crippen LogP contribution in [0.1, 0.15) is 51.4 Å². The zero-order valence-electron chi connectivity index (χ0n) is 18.8. The number of alkyl halides is 3. The largest absolute Gasteiger partial charge is 0.573 e. The summed E-state index contributed by atoms with van der Waals surface area (Å²) >= 11 is 1.03. The van der Waals surface area contributed by atoms with E-state index in [-0.39, 0.29) is 42.6 Å². The summed E-state index contributed by atoms with van der Waals surface area (Å²) in [4.78, 5) is 40.1. The van der Waals surface area contributed by atoms with Crippen LogP contribution in [0.3, 0.4) is 0 Å². The number of halogens is 3. The zero-order chi connectivity index (χ0) is 25.6. The fraction of sp³-hybridized carbons (Fsp3) is 0.545. The molecule has 192 valence electrons. The van der Waals surface area contributed by atoms with Crippen LogP contribution in [-0.4, -0.2) is 46.8 Å². The van der Waals surface area contributed by atoms with Crippen molar-refractivity contribution in [1.29, 1.82) is 0 Å². The molecule has 1 heterocycles. The molecule has 1 aromatic carbocycles. The Balaban J connectivity index is 1.62. The average Bonchev–Trinajstić information content (AvgIpc) is 3.16. The third kappa shape index (κ3) is 8.06. The minimum atomic E-state index is -4.81. The van der Waals surface area contributed by atoms with E-state index in [9.17, 15) is 27.6 Å². The Hall–Kier alpha value is -2.93. The van der Waals surface area contributed by atoms with Crippen LogP contribution in [0.2, 0.25) is 0 Å². The molecule has 0 unspecified atom stereocenters. The molecule has 2 aromatic rings. The highest BCUT2D eigenvalue weighted by molar-refractivity contribution is 7.22. The number of benzene rings is 1. The minimum Gasteiger partial charge on any atom is -0.481 e.